The Morgan fingerprint density at radius 2 is 1.87 bits per heavy atom. The van der Waals surface area contributed by atoms with Crippen molar-refractivity contribution < 1.29 is 4.79 Å². The van der Waals surface area contributed by atoms with Crippen molar-refractivity contribution in [2.24, 2.45) is 5.92 Å². The lowest BCUT2D eigenvalue weighted by atomic mass is 10.1. The fourth-order valence-electron chi connectivity index (χ4n) is 3.16. The Morgan fingerprint density at radius 1 is 1.13 bits per heavy atom. The van der Waals surface area contributed by atoms with Crippen LogP contribution in [0.2, 0.25) is 5.02 Å². The number of hydrogen-bond donors (Lipinski definition) is 1. The van der Waals surface area contributed by atoms with Crippen molar-refractivity contribution in [3.05, 3.63) is 70.5 Å². The summed E-state index contributed by atoms with van der Waals surface area (Å²) in [6.07, 6.45) is 0.476. The van der Waals surface area contributed by atoms with Gasteiger partial charge in [0, 0.05) is 17.2 Å². The Hall–Kier alpha value is -2.31. The van der Waals surface area contributed by atoms with Gasteiger partial charge in [-0.25, -0.2) is 0 Å². The highest BCUT2D eigenvalue weighted by atomic mass is 35.5. The van der Waals surface area contributed by atoms with E-state index in [1.165, 1.54) is 5.56 Å². The summed E-state index contributed by atoms with van der Waals surface area (Å²) in [6, 6.07) is 15.7. The second-order valence-electron chi connectivity index (χ2n) is 7.77. The van der Waals surface area contributed by atoms with Gasteiger partial charge in [0.05, 0.1) is 11.7 Å². The molecule has 1 heterocycles. The Morgan fingerprint density at radius 3 is 2.57 bits per heavy atom. The molecule has 7 heteroatoms. The summed E-state index contributed by atoms with van der Waals surface area (Å²) >= 11 is 7.91. The first kappa shape index (κ1) is 22.4. The maximum atomic E-state index is 12.3. The number of halogens is 1. The van der Waals surface area contributed by atoms with E-state index in [9.17, 15) is 4.79 Å². The van der Waals surface area contributed by atoms with Crippen LogP contribution in [-0.4, -0.2) is 20.7 Å². The highest BCUT2D eigenvalue weighted by Crippen LogP contribution is 2.30. The number of carbonyl (C=O) groups excluding carboxylic acids is 1. The van der Waals surface area contributed by atoms with E-state index in [2.05, 4.69) is 27.6 Å². The van der Waals surface area contributed by atoms with Crippen LogP contribution in [0.1, 0.15) is 50.2 Å². The maximum Gasteiger partial charge on any atom is 0.220 e. The Kier molecular flexibility index (Phi) is 7.56. The number of carbonyl (C=O) groups is 1. The number of thioether (sulfide) groups is 1. The van der Waals surface area contributed by atoms with Crippen LogP contribution in [0.4, 0.5) is 0 Å². The van der Waals surface area contributed by atoms with Gasteiger partial charge in [-0.3, -0.25) is 9.36 Å². The number of benzene rings is 2. The largest absolute Gasteiger partial charge is 0.346 e. The highest BCUT2D eigenvalue weighted by molar-refractivity contribution is 7.98. The summed E-state index contributed by atoms with van der Waals surface area (Å²) in [6.45, 7) is 8.02. The van der Waals surface area contributed by atoms with E-state index in [0.717, 1.165) is 22.2 Å². The molecule has 1 amide bonds. The van der Waals surface area contributed by atoms with Crippen molar-refractivity contribution in [3.63, 3.8) is 0 Å². The lowest BCUT2D eigenvalue weighted by Gasteiger charge is -2.18. The zero-order valence-electron chi connectivity index (χ0n) is 17.7. The number of nitrogens with one attached hydrogen (secondary N) is 1. The lowest BCUT2D eigenvalue weighted by molar-refractivity contribution is -0.122. The summed E-state index contributed by atoms with van der Waals surface area (Å²) in [4.78, 5) is 12.3. The van der Waals surface area contributed by atoms with Crippen LogP contribution in [0.25, 0.3) is 5.69 Å². The molecule has 0 spiro atoms. The minimum Gasteiger partial charge on any atom is -0.346 e. The molecule has 0 aliphatic carbocycles. The normalized spacial score (nSPS) is 12.2. The Labute approximate surface area is 187 Å². The van der Waals surface area contributed by atoms with E-state index in [1.54, 1.807) is 11.8 Å². The van der Waals surface area contributed by atoms with E-state index in [1.807, 2.05) is 68.7 Å². The highest BCUT2D eigenvalue weighted by Gasteiger charge is 2.22. The molecule has 0 saturated heterocycles. The predicted octanol–water partition coefficient (Wildman–Crippen LogP) is 5.74. The molecule has 0 saturated carbocycles. The van der Waals surface area contributed by atoms with Crippen LogP contribution < -0.4 is 5.32 Å². The molecule has 5 nitrogen and oxygen atoms in total. The third-order valence-corrected chi connectivity index (χ3v) is 5.87. The Bertz CT molecular complexity index is 1000. The topological polar surface area (TPSA) is 59.8 Å². The molecular formula is C23H27ClN4OS. The molecule has 0 fully saturated rings. The number of aromatic nitrogens is 3. The van der Waals surface area contributed by atoms with Gasteiger partial charge in [0.2, 0.25) is 5.91 Å². The van der Waals surface area contributed by atoms with Crippen LogP contribution in [0.5, 0.6) is 0 Å². The number of rotatable bonds is 8. The number of nitrogens with zero attached hydrogens (tertiary/aromatic N) is 3. The number of amides is 1. The fraction of sp³-hybridized carbons (Fsp3) is 0.348. The smallest absolute Gasteiger partial charge is 0.220 e. The predicted molar refractivity (Wildman–Crippen MR) is 123 cm³/mol. The van der Waals surface area contributed by atoms with Gasteiger partial charge in [-0.2, -0.15) is 0 Å². The monoisotopic (exact) mass is 442 g/mol. The van der Waals surface area contributed by atoms with Crippen LogP contribution in [0.15, 0.2) is 53.7 Å². The van der Waals surface area contributed by atoms with Crippen molar-refractivity contribution in [2.75, 3.05) is 0 Å². The van der Waals surface area contributed by atoms with Gasteiger partial charge in [0.25, 0.3) is 0 Å². The average molecular weight is 443 g/mol. The van der Waals surface area contributed by atoms with Gasteiger partial charge < -0.3 is 5.32 Å². The first-order valence-electron chi connectivity index (χ1n) is 10.0. The quantitative estimate of drug-likeness (QED) is 0.451. The maximum absolute atomic E-state index is 12.3. The molecule has 3 aromatic rings. The summed E-state index contributed by atoms with van der Waals surface area (Å²) < 4.78 is 2.01. The summed E-state index contributed by atoms with van der Waals surface area (Å²) in [5, 5.41) is 13.4. The second-order valence-corrected chi connectivity index (χ2v) is 9.15. The molecule has 3 rings (SSSR count). The van der Waals surface area contributed by atoms with E-state index in [0.29, 0.717) is 23.2 Å². The van der Waals surface area contributed by atoms with Gasteiger partial charge in [0.1, 0.15) is 0 Å². The van der Waals surface area contributed by atoms with E-state index in [4.69, 9.17) is 11.6 Å². The van der Waals surface area contributed by atoms with Gasteiger partial charge in [-0.1, -0.05) is 73.6 Å². The molecule has 0 aliphatic heterocycles. The molecule has 0 bridgehead atoms. The van der Waals surface area contributed by atoms with Gasteiger partial charge in [-0.15, -0.1) is 10.2 Å². The van der Waals surface area contributed by atoms with Crippen molar-refractivity contribution in [3.8, 4) is 5.69 Å². The van der Waals surface area contributed by atoms with Crippen LogP contribution in [-0.2, 0) is 10.5 Å². The molecule has 0 radical (unpaired) electrons. The SMILES string of the molecule is Cc1ccc(Cl)cc1-n1c(SCc2ccccc2)nnc1C(C)NC(=O)CC(C)C. The molecule has 0 aliphatic rings. The molecular weight excluding hydrogens is 416 g/mol. The fourth-order valence-corrected chi connectivity index (χ4v) is 4.24. The number of aryl methyl sites for hydroxylation is 1. The standard InChI is InChI=1S/C23H27ClN4OS/c1-15(2)12-21(29)25-17(4)22-26-27-23(30-14-18-8-6-5-7-9-18)28(22)20-13-19(24)11-10-16(20)3/h5-11,13,15,17H,12,14H2,1-4H3,(H,25,29). The first-order valence-corrected chi connectivity index (χ1v) is 11.4. The third kappa shape index (κ3) is 5.64. The zero-order chi connectivity index (χ0) is 21.7. The number of hydrogen-bond acceptors (Lipinski definition) is 4. The summed E-state index contributed by atoms with van der Waals surface area (Å²) in [7, 11) is 0. The summed E-state index contributed by atoms with van der Waals surface area (Å²) in [5.74, 6) is 1.76. The zero-order valence-corrected chi connectivity index (χ0v) is 19.3. The van der Waals surface area contributed by atoms with Gasteiger partial charge in [-0.05, 0) is 43.0 Å². The third-order valence-electron chi connectivity index (χ3n) is 4.64. The second kappa shape index (κ2) is 10.1. The molecule has 1 atom stereocenters. The molecule has 1 unspecified atom stereocenters. The molecule has 1 aromatic heterocycles. The molecule has 30 heavy (non-hydrogen) atoms. The van der Waals surface area contributed by atoms with Gasteiger partial charge in [0.15, 0.2) is 11.0 Å². The molecule has 158 valence electrons. The molecule has 2 aromatic carbocycles. The van der Waals surface area contributed by atoms with Crippen molar-refractivity contribution in [1.82, 2.24) is 20.1 Å². The van der Waals surface area contributed by atoms with E-state index < -0.39 is 0 Å². The minimum absolute atomic E-state index is 0.00774. The van der Waals surface area contributed by atoms with Crippen LogP contribution >= 0.6 is 23.4 Å². The van der Waals surface area contributed by atoms with Gasteiger partial charge >= 0.3 is 0 Å². The van der Waals surface area contributed by atoms with Crippen LogP contribution in [0.3, 0.4) is 0 Å². The Balaban J connectivity index is 1.95. The van der Waals surface area contributed by atoms with Crippen LogP contribution in [0, 0.1) is 12.8 Å². The first-order chi connectivity index (χ1) is 14.3. The van der Waals surface area contributed by atoms with Crippen molar-refractivity contribution in [2.45, 2.75) is 51.1 Å². The lowest BCUT2D eigenvalue weighted by Crippen LogP contribution is -2.29. The molecule has 1 N–H and O–H groups in total. The van der Waals surface area contributed by atoms with Crippen molar-refractivity contribution >= 4 is 29.3 Å². The van der Waals surface area contributed by atoms with E-state index >= 15 is 0 Å². The van der Waals surface area contributed by atoms with E-state index in [-0.39, 0.29) is 11.9 Å². The minimum atomic E-state index is -0.284. The van der Waals surface area contributed by atoms with Crippen molar-refractivity contribution in [1.29, 1.82) is 0 Å². The summed E-state index contributed by atoms with van der Waals surface area (Å²) in [5.41, 5.74) is 3.19. The average Bonchev–Trinajstić information content (AvgIpc) is 3.12.